The third-order valence-electron chi connectivity index (χ3n) is 2.35. The average Bonchev–Trinajstić information content (AvgIpc) is 2.35. The predicted octanol–water partition coefficient (Wildman–Crippen LogP) is 0.781. The Hall–Kier alpha value is -1.82. The number of ether oxygens (including phenoxy) is 2. The number of carbonyl (C=O) groups excluding carboxylic acids is 1. The summed E-state index contributed by atoms with van der Waals surface area (Å²) >= 11 is 0. The number of carbonyl (C=O) groups is 1. The van der Waals surface area contributed by atoms with E-state index in [9.17, 15) is 4.79 Å². The van der Waals surface area contributed by atoms with Crippen molar-refractivity contribution in [3.63, 3.8) is 0 Å². The van der Waals surface area contributed by atoms with Crippen molar-refractivity contribution in [2.24, 2.45) is 0 Å². The zero-order chi connectivity index (χ0) is 13.5. The van der Waals surface area contributed by atoms with Crippen LogP contribution >= 0.6 is 0 Å². The van der Waals surface area contributed by atoms with E-state index in [1.807, 2.05) is 14.1 Å². The van der Waals surface area contributed by atoms with E-state index in [0.29, 0.717) is 6.61 Å². The van der Waals surface area contributed by atoms with Crippen LogP contribution in [0.1, 0.15) is 16.8 Å². The average molecular weight is 253 g/mol. The van der Waals surface area contributed by atoms with Gasteiger partial charge in [0.2, 0.25) is 5.88 Å². The van der Waals surface area contributed by atoms with E-state index in [1.54, 1.807) is 0 Å². The Balaban J connectivity index is 2.64. The van der Waals surface area contributed by atoms with Gasteiger partial charge in [0.1, 0.15) is 5.69 Å². The Morgan fingerprint density at radius 2 is 2.22 bits per heavy atom. The number of nitrogens with two attached hydrogens (primary N) is 1. The van der Waals surface area contributed by atoms with Gasteiger partial charge in [-0.2, -0.15) is 0 Å². The fourth-order valence-corrected chi connectivity index (χ4v) is 1.41. The summed E-state index contributed by atoms with van der Waals surface area (Å²) in [7, 11) is 5.29. The molecule has 0 aromatic carbocycles. The number of pyridine rings is 1. The number of esters is 1. The highest BCUT2D eigenvalue weighted by Gasteiger charge is 2.14. The van der Waals surface area contributed by atoms with Crippen LogP contribution in [0.15, 0.2) is 12.3 Å². The van der Waals surface area contributed by atoms with Gasteiger partial charge in [-0.25, -0.2) is 9.78 Å². The molecule has 1 heterocycles. The molecule has 6 heteroatoms. The number of methoxy groups -OCH3 is 1. The first-order chi connectivity index (χ1) is 8.56. The van der Waals surface area contributed by atoms with Crippen molar-refractivity contribution in [1.82, 2.24) is 9.88 Å². The Morgan fingerprint density at radius 3 is 2.83 bits per heavy atom. The van der Waals surface area contributed by atoms with Crippen LogP contribution in [0.4, 0.5) is 5.69 Å². The molecule has 0 amide bonds. The van der Waals surface area contributed by atoms with Crippen LogP contribution in [0, 0.1) is 0 Å². The molecule has 0 aliphatic rings. The van der Waals surface area contributed by atoms with Crippen LogP contribution in [0.25, 0.3) is 0 Å². The molecule has 0 radical (unpaired) electrons. The number of nitrogens with zero attached hydrogens (tertiary/aromatic N) is 2. The zero-order valence-electron chi connectivity index (χ0n) is 11.0. The molecule has 1 aromatic heterocycles. The maximum absolute atomic E-state index is 11.4. The molecule has 1 aromatic rings. The lowest BCUT2D eigenvalue weighted by atomic mass is 10.2. The van der Waals surface area contributed by atoms with E-state index < -0.39 is 5.97 Å². The molecule has 0 saturated heterocycles. The van der Waals surface area contributed by atoms with Gasteiger partial charge in [-0.3, -0.25) is 0 Å². The molecule has 18 heavy (non-hydrogen) atoms. The van der Waals surface area contributed by atoms with Crippen LogP contribution in [0.5, 0.6) is 5.88 Å². The van der Waals surface area contributed by atoms with Gasteiger partial charge in [0.25, 0.3) is 0 Å². The van der Waals surface area contributed by atoms with Crippen molar-refractivity contribution in [3.05, 3.63) is 17.8 Å². The first-order valence-corrected chi connectivity index (χ1v) is 5.66. The number of nitrogen functional groups attached to an aromatic ring is 1. The Bertz CT molecular complexity index is 408. The minimum atomic E-state index is -0.493. The van der Waals surface area contributed by atoms with E-state index in [4.69, 9.17) is 10.5 Å². The molecular formula is C12H19N3O3. The van der Waals surface area contributed by atoms with Crippen LogP contribution < -0.4 is 10.5 Å². The van der Waals surface area contributed by atoms with Gasteiger partial charge >= 0.3 is 5.97 Å². The van der Waals surface area contributed by atoms with Crippen molar-refractivity contribution in [2.75, 3.05) is 40.1 Å². The molecule has 0 aliphatic carbocycles. The van der Waals surface area contributed by atoms with E-state index in [1.165, 1.54) is 19.4 Å². The first-order valence-electron chi connectivity index (χ1n) is 5.66. The smallest absolute Gasteiger partial charge is 0.340 e. The molecule has 0 spiro atoms. The first kappa shape index (κ1) is 14.2. The number of hydrogen-bond acceptors (Lipinski definition) is 6. The van der Waals surface area contributed by atoms with E-state index in [-0.39, 0.29) is 17.1 Å². The summed E-state index contributed by atoms with van der Waals surface area (Å²) in [6.45, 7) is 1.41. The summed E-state index contributed by atoms with van der Waals surface area (Å²) in [5, 5.41) is 0. The fraction of sp³-hybridized carbons (Fsp3) is 0.500. The molecule has 0 fully saturated rings. The monoisotopic (exact) mass is 253 g/mol. The highest BCUT2D eigenvalue weighted by molar-refractivity contribution is 5.95. The quantitative estimate of drug-likeness (QED) is 0.596. The summed E-state index contributed by atoms with van der Waals surface area (Å²) in [6.07, 6.45) is 2.33. The van der Waals surface area contributed by atoms with E-state index in [0.717, 1.165) is 13.0 Å². The molecular weight excluding hydrogens is 234 g/mol. The lowest BCUT2D eigenvalue weighted by Gasteiger charge is -2.12. The molecule has 100 valence electrons. The Labute approximate surface area is 107 Å². The molecule has 0 saturated carbocycles. The van der Waals surface area contributed by atoms with Gasteiger partial charge in [-0.15, -0.1) is 0 Å². The SMILES string of the molecule is COC(=O)c1ccnc(OCCCN(C)C)c1N. The van der Waals surface area contributed by atoms with Crippen molar-refractivity contribution >= 4 is 11.7 Å². The topological polar surface area (TPSA) is 77.7 Å². The van der Waals surface area contributed by atoms with Gasteiger partial charge < -0.3 is 20.1 Å². The molecule has 6 nitrogen and oxygen atoms in total. The normalized spacial score (nSPS) is 10.4. The van der Waals surface area contributed by atoms with Crippen LogP contribution in [0.3, 0.4) is 0 Å². The van der Waals surface area contributed by atoms with Crippen molar-refractivity contribution in [3.8, 4) is 5.88 Å². The second-order valence-corrected chi connectivity index (χ2v) is 4.07. The van der Waals surface area contributed by atoms with Crippen molar-refractivity contribution < 1.29 is 14.3 Å². The molecule has 0 bridgehead atoms. The minimum Gasteiger partial charge on any atom is -0.476 e. The molecule has 1 rings (SSSR count). The lowest BCUT2D eigenvalue weighted by molar-refractivity contribution is 0.0601. The number of hydrogen-bond donors (Lipinski definition) is 1. The summed E-state index contributed by atoms with van der Waals surface area (Å²) in [6, 6.07) is 1.51. The number of rotatable bonds is 6. The van der Waals surface area contributed by atoms with Gasteiger partial charge in [0.15, 0.2) is 0 Å². The number of aromatic nitrogens is 1. The minimum absolute atomic E-state index is 0.217. The van der Waals surface area contributed by atoms with Gasteiger partial charge in [0.05, 0.1) is 19.3 Å². The third-order valence-corrected chi connectivity index (χ3v) is 2.35. The third kappa shape index (κ3) is 3.89. The highest BCUT2D eigenvalue weighted by atomic mass is 16.5. The summed E-state index contributed by atoms with van der Waals surface area (Å²) < 4.78 is 10.1. The van der Waals surface area contributed by atoms with Crippen molar-refractivity contribution in [2.45, 2.75) is 6.42 Å². The van der Waals surface area contributed by atoms with Gasteiger partial charge in [0, 0.05) is 12.7 Å². The zero-order valence-corrected chi connectivity index (χ0v) is 11.0. The second kappa shape index (κ2) is 6.80. The molecule has 0 unspecified atom stereocenters. The second-order valence-electron chi connectivity index (χ2n) is 4.07. The van der Waals surface area contributed by atoms with E-state index >= 15 is 0 Å². The Morgan fingerprint density at radius 1 is 1.50 bits per heavy atom. The lowest BCUT2D eigenvalue weighted by Crippen LogP contribution is -2.16. The van der Waals surface area contributed by atoms with Gasteiger partial charge in [-0.1, -0.05) is 0 Å². The predicted molar refractivity (Wildman–Crippen MR) is 68.7 cm³/mol. The van der Waals surface area contributed by atoms with Crippen LogP contribution in [0.2, 0.25) is 0 Å². The largest absolute Gasteiger partial charge is 0.476 e. The number of anilines is 1. The van der Waals surface area contributed by atoms with Crippen LogP contribution in [-0.2, 0) is 4.74 Å². The maximum Gasteiger partial charge on any atom is 0.340 e. The van der Waals surface area contributed by atoms with Crippen molar-refractivity contribution in [1.29, 1.82) is 0 Å². The molecule has 0 atom stereocenters. The fourth-order valence-electron chi connectivity index (χ4n) is 1.41. The van der Waals surface area contributed by atoms with Gasteiger partial charge in [-0.05, 0) is 26.6 Å². The maximum atomic E-state index is 11.4. The Kier molecular flexibility index (Phi) is 5.38. The standard InChI is InChI=1S/C12H19N3O3/c1-15(2)7-4-8-18-11-10(13)9(5-6-14-11)12(16)17-3/h5-6H,4,7-8,13H2,1-3H3. The molecule has 2 N–H and O–H groups in total. The summed E-state index contributed by atoms with van der Waals surface area (Å²) in [5.74, 6) is -0.218. The summed E-state index contributed by atoms with van der Waals surface area (Å²) in [5.41, 5.74) is 6.29. The summed E-state index contributed by atoms with van der Waals surface area (Å²) in [4.78, 5) is 17.5. The van der Waals surface area contributed by atoms with E-state index in [2.05, 4.69) is 14.6 Å². The molecule has 0 aliphatic heterocycles. The van der Waals surface area contributed by atoms with Crippen LogP contribution in [-0.4, -0.2) is 50.2 Å². The highest BCUT2D eigenvalue weighted by Crippen LogP contribution is 2.22.